The van der Waals surface area contributed by atoms with E-state index in [-0.39, 0.29) is 0 Å². The zero-order chi connectivity index (χ0) is 28.7. The number of anilines is 1. The molecule has 0 saturated carbocycles. The second-order valence-electron chi connectivity index (χ2n) is 9.99. The number of rotatable bonds is 9. The molecule has 0 aliphatic carbocycles. The standard InChI is InChI=1S/C31H29N9S2/c1-21-19-25(33-36-28-14-15-30(41-28)40-16-6-7-17-40)11-12-26(21)34-32-24-10-13-27(22(2)18-24)35-38-31-39-37-29(42-31)20-23-8-4-3-5-9-23/h3-5,8-15,18-19H,6-7,16-17,20H2,1-2H3/b34-32+,36-33+,38-35+. The minimum atomic E-state index is 0.532. The van der Waals surface area contributed by atoms with E-state index < -0.39 is 0 Å². The first-order valence-electron chi connectivity index (χ1n) is 13.8. The van der Waals surface area contributed by atoms with Crippen LogP contribution in [0.2, 0.25) is 0 Å². The summed E-state index contributed by atoms with van der Waals surface area (Å²) in [6.45, 7) is 6.23. The predicted octanol–water partition coefficient (Wildman–Crippen LogP) is 10.7. The lowest BCUT2D eigenvalue weighted by Gasteiger charge is -2.13. The summed E-state index contributed by atoms with van der Waals surface area (Å²) in [6.07, 6.45) is 3.25. The molecule has 3 aromatic carbocycles. The summed E-state index contributed by atoms with van der Waals surface area (Å²) in [7, 11) is 0. The van der Waals surface area contributed by atoms with Gasteiger partial charge in [0.05, 0.1) is 27.8 Å². The Morgan fingerprint density at radius 2 is 1.33 bits per heavy atom. The zero-order valence-electron chi connectivity index (χ0n) is 23.4. The van der Waals surface area contributed by atoms with Crippen molar-refractivity contribution >= 4 is 60.6 Å². The average molecular weight is 592 g/mol. The highest BCUT2D eigenvalue weighted by Crippen LogP contribution is 2.35. The Morgan fingerprint density at radius 1 is 0.667 bits per heavy atom. The summed E-state index contributed by atoms with van der Waals surface area (Å²) >= 11 is 3.12. The van der Waals surface area contributed by atoms with Crippen molar-refractivity contribution in [2.75, 3.05) is 18.0 Å². The fourth-order valence-corrected chi connectivity index (χ4v) is 6.12. The fraction of sp³-hybridized carbons (Fsp3) is 0.226. The summed E-state index contributed by atoms with van der Waals surface area (Å²) in [5, 5.41) is 38.5. The van der Waals surface area contributed by atoms with Crippen LogP contribution in [0.3, 0.4) is 0 Å². The van der Waals surface area contributed by atoms with E-state index in [1.165, 1.54) is 34.7 Å². The van der Waals surface area contributed by atoms with Gasteiger partial charge in [0.2, 0.25) is 0 Å². The van der Waals surface area contributed by atoms with Crippen LogP contribution in [0.4, 0.5) is 37.9 Å². The van der Waals surface area contributed by atoms with Gasteiger partial charge in [-0.1, -0.05) is 53.0 Å². The molecule has 9 nitrogen and oxygen atoms in total. The van der Waals surface area contributed by atoms with Crippen molar-refractivity contribution in [1.29, 1.82) is 0 Å². The van der Waals surface area contributed by atoms with Crippen LogP contribution in [-0.4, -0.2) is 23.3 Å². The minimum Gasteiger partial charge on any atom is -0.363 e. The van der Waals surface area contributed by atoms with Gasteiger partial charge >= 0.3 is 0 Å². The summed E-state index contributed by atoms with van der Waals surface area (Å²) in [5.41, 5.74) is 6.17. The number of thiophene rings is 1. The molecule has 0 spiro atoms. The van der Waals surface area contributed by atoms with Crippen LogP contribution in [-0.2, 0) is 6.42 Å². The topological polar surface area (TPSA) is 103 Å². The maximum Gasteiger partial charge on any atom is 0.251 e. The summed E-state index contributed by atoms with van der Waals surface area (Å²) in [4.78, 5) is 2.41. The molecule has 0 N–H and O–H groups in total. The molecule has 1 saturated heterocycles. The van der Waals surface area contributed by atoms with Gasteiger partial charge in [0, 0.05) is 19.5 Å². The molecule has 0 atom stereocenters. The Labute approximate surface area is 252 Å². The van der Waals surface area contributed by atoms with Crippen molar-refractivity contribution < 1.29 is 0 Å². The molecule has 1 aliphatic rings. The van der Waals surface area contributed by atoms with Gasteiger partial charge in [-0.3, -0.25) is 0 Å². The number of aromatic nitrogens is 2. The molecule has 0 bridgehead atoms. The quantitative estimate of drug-likeness (QED) is 0.159. The van der Waals surface area contributed by atoms with Gasteiger partial charge in [-0.15, -0.1) is 30.7 Å². The monoisotopic (exact) mass is 591 g/mol. The molecule has 210 valence electrons. The molecule has 11 heteroatoms. The highest BCUT2D eigenvalue weighted by Gasteiger charge is 2.14. The van der Waals surface area contributed by atoms with Crippen LogP contribution in [0.5, 0.6) is 0 Å². The van der Waals surface area contributed by atoms with Gasteiger partial charge < -0.3 is 4.90 Å². The maximum absolute atomic E-state index is 4.46. The number of hydrogen-bond acceptors (Lipinski definition) is 11. The van der Waals surface area contributed by atoms with E-state index in [1.807, 2.05) is 74.5 Å². The van der Waals surface area contributed by atoms with E-state index >= 15 is 0 Å². The molecule has 0 amide bonds. The highest BCUT2D eigenvalue weighted by atomic mass is 32.1. The Kier molecular flexibility index (Phi) is 8.57. The maximum atomic E-state index is 4.46. The second kappa shape index (κ2) is 13.0. The molecule has 6 rings (SSSR count). The lowest BCUT2D eigenvalue weighted by Crippen LogP contribution is -2.15. The Hall–Kier alpha value is -4.48. The number of aryl methyl sites for hydroxylation is 2. The van der Waals surface area contributed by atoms with E-state index in [0.29, 0.717) is 5.13 Å². The molecule has 2 aromatic heterocycles. The van der Waals surface area contributed by atoms with Gasteiger partial charge in [-0.05, 0) is 91.9 Å². The van der Waals surface area contributed by atoms with Gasteiger partial charge in [0.25, 0.3) is 5.13 Å². The fourth-order valence-electron chi connectivity index (χ4n) is 4.55. The Balaban J connectivity index is 1.06. The summed E-state index contributed by atoms with van der Waals surface area (Å²) in [6, 6.07) is 25.9. The molecular weight excluding hydrogens is 563 g/mol. The SMILES string of the molecule is Cc1cc(/N=N/c2ccc(N3CCCC3)s2)ccc1/N=N/c1ccc(/N=N/c2nnc(Cc3ccccc3)s2)c(C)c1. The van der Waals surface area contributed by atoms with Gasteiger partial charge in [-0.2, -0.15) is 10.2 Å². The molecule has 5 aromatic rings. The van der Waals surface area contributed by atoms with Crippen molar-refractivity contribution in [3.63, 3.8) is 0 Å². The smallest absolute Gasteiger partial charge is 0.251 e. The third-order valence-corrected chi connectivity index (χ3v) is 8.63. The lowest BCUT2D eigenvalue weighted by atomic mass is 10.2. The van der Waals surface area contributed by atoms with Crippen molar-refractivity contribution in [3.8, 4) is 0 Å². The molecule has 42 heavy (non-hydrogen) atoms. The molecule has 0 radical (unpaired) electrons. The first-order valence-corrected chi connectivity index (χ1v) is 15.4. The van der Waals surface area contributed by atoms with Gasteiger partial charge in [-0.25, -0.2) is 0 Å². The third kappa shape index (κ3) is 7.04. The van der Waals surface area contributed by atoms with Crippen LogP contribution >= 0.6 is 22.7 Å². The third-order valence-electron chi connectivity index (χ3n) is 6.79. The highest BCUT2D eigenvalue weighted by molar-refractivity contribution is 7.19. The van der Waals surface area contributed by atoms with E-state index in [2.05, 4.69) is 64.0 Å². The van der Waals surface area contributed by atoms with Crippen molar-refractivity contribution in [2.45, 2.75) is 33.1 Å². The Morgan fingerprint density at radius 3 is 2.02 bits per heavy atom. The molecule has 3 heterocycles. The first kappa shape index (κ1) is 27.7. The molecule has 1 fully saturated rings. The van der Waals surface area contributed by atoms with E-state index in [9.17, 15) is 0 Å². The summed E-state index contributed by atoms with van der Waals surface area (Å²) in [5.74, 6) is 0. The zero-order valence-corrected chi connectivity index (χ0v) is 25.0. The van der Waals surface area contributed by atoms with Crippen molar-refractivity contribution in [3.05, 3.63) is 101 Å². The van der Waals surface area contributed by atoms with E-state index in [4.69, 9.17) is 0 Å². The minimum absolute atomic E-state index is 0.532. The molecular formula is C31H29N9S2. The number of benzene rings is 3. The molecule has 0 unspecified atom stereocenters. The van der Waals surface area contributed by atoms with Crippen molar-refractivity contribution in [2.24, 2.45) is 30.7 Å². The van der Waals surface area contributed by atoms with Gasteiger partial charge in [0.15, 0.2) is 0 Å². The van der Waals surface area contributed by atoms with Crippen LogP contribution in [0.25, 0.3) is 0 Å². The van der Waals surface area contributed by atoms with Crippen molar-refractivity contribution in [1.82, 2.24) is 10.2 Å². The van der Waals surface area contributed by atoms with E-state index in [0.717, 1.165) is 63.4 Å². The first-order chi connectivity index (χ1) is 20.6. The number of hydrogen-bond donors (Lipinski definition) is 0. The number of nitrogens with zero attached hydrogens (tertiary/aromatic N) is 9. The number of azo groups is 3. The summed E-state index contributed by atoms with van der Waals surface area (Å²) < 4.78 is 0. The van der Waals surface area contributed by atoms with E-state index in [1.54, 1.807) is 11.3 Å². The van der Waals surface area contributed by atoms with Gasteiger partial charge in [0.1, 0.15) is 10.0 Å². The molecule has 1 aliphatic heterocycles. The predicted molar refractivity (Wildman–Crippen MR) is 170 cm³/mol. The van der Waals surface area contributed by atoms with Crippen LogP contribution in [0.15, 0.2) is 110 Å². The second-order valence-corrected chi connectivity index (χ2v) is 12.1. The lowest BCUT2D eigenvalue weighted by molar-refractivity contribution is 0.949. The largest absolute Gasteiger partial charge is 0.363 e. The van der Waals surface area contributed by atoms with Crippen LogP contribution in [0.1, 0.15) is 34.5 Å². The van der Waals surface area contributed by atoms with Crippen LogP contribution in [0, 0.1) is 13.8 Å². The normalized spacial score (nSPS) is 13.8. The average Bonchev–Trinajstić information content (AvgIpc) is 3.78. The van der Waals surface area contributed by atoms with Crippen LogP contribution < -0.4 is 4.90 Å². The Bertz CT molecular complexity index is 1750.